The van der Waals surface area contributed by atoms with Crippen LogP contribution in [0.1, 0.15) is 0 Å². The van der Waals surface area contributed by atoms with Gasteiger partial charge in [-0.25, -0.2) is 15.0 Å². The first-order valence-corrected chi connectivity index (χ1v) is 15.5. The van der Waals surface area contributed by atoms with Crippen molar-refractivity contribution in [3.05, 3.63) is 127 Å². The van der Waals surface area contributed by atoms with Crippen molar-refractivity contribution in [1.29, 1.82) is 0 Å². The minimum absolute atomic E-state index is 0.667. The highest BCUT2D eigenvalue weighted by atomic mass is 32.2. The molecule has 0 aliphatic carbocycles. The summed E-state index contributed by atoms with van der Waals surface area (Å²) in [6.07, 6.45) is 0. The number of hydrogen-bond donors (Lipinski definition) is 0. The summed E-state index contributed by atoms with van der Waals surface area (Å²) in [6.45, 7) is 0. The van der Waals surface area contributed by atoms with Crippen molar-refractivity contribution < 1.29 is 0 Å². The zero-order chi connectivity index (χ0) is 27.6. The molecule has 2 aromatic heterocycles. The van der Waals surface area contributed by atoms with E-state index < -0.39 is 0 Å². The van der Waals surface area contributed by atoms with Crippen LogP contribution >= 0.6 is 23.1 Å². The van der Waals surface area contributed by atoms with Crippen LogP contribution in [0.15, 0.2) is 137 Å². The second-order valence-electron chi connectivity index (χ2n) is 10.5. The van der Waals surface area contributed by atoms with Gasteiger partial charge in [0.2, 0.25) is 0 Å². The van der Waals surface area contributed by atoms with E-state index in [9.17, 15) is 0 Å². The van der Waals surface area contributed by atoms with E-state index in [0.717, 1.165) is 16.7 Å². The minimum Gasteiger partial charge on any atom is -0.208 e. The molecule has 0 unspecified atom stereocenters. The third-order valence-corrected chi connectivity index (χ3v) is 10.1. The van der Waals surface area contributed by atoms with Crippen molar-refractivity contribution in [2.75, 3.05) is 0 Å². The minimum atomic E-state index is 0.667. The van der Waals surface area contributed by atoms with Crippen molar-refractivity contribution in [3.63, 3.8) is 0 Å². The fourth-order valence-corrected chi connectivity index (χ4v) is 8.34. The number of nitrogens with zero attached hydrogens (tertiary/aromatic N) is 3. The standard InChI is InChI=1S/C37H21N3S2/c1-3-8-24(9-4-1)35-38-36(25-10-5-2-6-11-25)40-37(39-35)26-16-14-22(15-17-26)27-20-30-33-31(21-27)42-29-19-18-23-12-7-13-28(41-30)32(23)34(29)33/h1-21H. The maximum Gasteiger partial charge on any atom is 0.164 e. The van der Waals surface area contributed by atoms with Gasteiger partial charge in [-0.05, 0) is 40.8 Å². The summed E-state index contributed by atoms with van der Waals surface area (Å²) >= 11 is 3.78. The molecular weight excluding hydrogens is 551 g/mol. The molecule has 8 aromatic rings. The van der Waals surface area contributed by atoms with Crippen molar-refractivity contribution in [1.82, 2.24) is 15.0 Å². The number of rotatable bonds is 4. The van der Waals surface area contributed by atoms with Crippen molar-refractivity contribution in [2.45, 2.75) is 9.79 Å². The van der Waals surface area contributed by atoms with Crippen molar-refractivity contribution >= 4 is 54.0 Å². The van der Waals surface area contributed by atoms with Crippen LogP contribution in [0.4, 0.5) is 0 Å². The molecule has 0 saturated carbocycles. The van der Waals surface area contributed by atoms with Crippen LogP contribution in [0.2, 0.25) is 0 Å². The molecule has 6 aromatic carbocycles. The zero-order valence-electron chi connectivity index (χ0n) is 22.3. The molecule has 0 amide bonds. The first kappa shape index (κ1) is 23.8. The molecule has 0 N–H and O–H groups in total. The lowest BCUT2D eigenvalue weighted by Gasteiger charge is -2.16. The molecule has 0 fully saturated rings. The van der Waals surface area contributed by atoms with Crippen LogP contribution in [0.25, 0.3) is 76.2 Å². The van der Waals surface area contributed by atoms with E-state index in [2.05, 4.69) is 66.7 Å². The fraction of sp³-hybridized carbons (Fsp3) is 0. The highest BCUT2D eigenvalue weighted by Gasteiger charge is 2.21. The van der Waals surface area contributed by atoms with Crippen LogP contribution in [0.5, 0.6) is 0 Å². The van der Waals surface area contributed by atoms with Gasteiger partial charge >= 0.3 is 0 Å². The summed E-state index contributed by atoms with van der Waals surface area (Å²) in [7, 11) is 0. The molecule has 0 radical (unpaired) electrons. The quantitative estimate of drug-likeness (QED) is 0.211. The smallest absolute Gasteiger partial charge is 0.164 e. The van der Waals surface area contributed by atoms with Crippen LogP contribution in [-0.2, 0) is 0 Å². The van der Waals surface area contributed by atoms with Gasteiger partial charge in [-0.3, -0.25) is 0 Å². The monoisotopic (exact) mass is 571 g/mol. The lowest BCUT2D eigenvalue weighted by atomic mass is 9.99. The molecule has 5 heteroatoms. The summed E-state index contributed by atoms with van der Waals surface area (Å²) in [5.74, 6) is 2.01. The average Bonchev–Trinajstić information content (AvgIpc) is 3.45. The second kappa shape index (κ2) is 9.35. The maximum absolute atomic E-state index is 4.90. The predicted octanol–water partition coefficient (Wildman–Crippen LogP) is 10.5. The normalized spacial score (nSPS) is 12.2. The zero-order valence-corrected chi connectivity index (χ0v) is 23.9. The summed E-state index contributed by atoms with van der Waals surface area (Å²) < 4.78 is 2.70. The SMILES string of the molecule is c1ccc(-c2nc(-c3ccccc3)nc(-c3ccc(-c4cc5c6c(c4)sc4ccc7cccc(c7c46)S5)cc3)n2)cc1. The molecule has 3 heterocycles. The molecular formula is C37H21N3S2. The van der Waals surface area contributed by atoms with Gasteiger partial charge < -0.3 is 0 Å². The predicted molar refractivity (Wildman–Crippen MR) is 176 cm³/mol. The van der Waals surface area contributed by atoms with Crippen molar-refractivity contribution in [2.24, 2.45) is 0 Å². The lowest BCUT2D eigenvalue weighted by molar-refractivity contribution is 1.07. The van der Waals surface area contributed by atoms with Crippen LogP contribution in [-0.4, -0.2) is 15.0 Å². The highest BCUT2D eigenvalue weighted by Crippen LogP contribution is 2.52. The number of aromatic nitrogens is 3. The Labute approximate surface area is 250 Å². The largest absolute Gasteiger partial charge is 0.208 e. The lowest BCUT2D eigenvalue weighted by Crippen LogP contribution is -2.00. The highest BCUT2D eigenvalue weighted by molar-refractivity contribution is 8.00. The Morgan fingerprint density at radius 3 is 1.67 bits per heavy atom. The topological polar surface area (TPSA) is 38.7 Å². The molecule has 9 rings (SSSR count). The van der Waals surface area contributed by atoms with Gasteiger partial charge in [0, 0.05) is 52.0 Å². The first-order valence-electron chi connectivity index (χ1n) is 13.9. The Kier molecular flexibility index (Phi) is 5.30. The molecule has 1 aliphatic heterocycles. The Bertz CT molecular complexity index is 2250. The van der Waals surface area contributed by atoms with Crippen LogP contribution in [0.3, 0.4) is 0 Å². The maximum atomic E-state index is 4.90. The van der Waals surface area contributed by atoms with Gasteiger partial charge in [0.15, 0.2) is 17.5 Å². The second-order valence-corrected chi connectivity index (χ2v) is 12.6. The van der Waals surface area contributed by atoms with Gasteiger partial charge in [-0.15, -0.1) is 11.3 Å². The molecule has 42 heavy (non-hydrogen) atoms. The van der Waals surface area contributed by atoms with Gasteiger partial charge in [-0.1, -0.05) is 115 Å². The first-order chi connectivity index (χ1) is 20.8. The van der Waals surface area contributed by atoms with Gasteiger partial charge in [0.05, 0.1) is 0 Å². The van der Waals surface area contributed by atoms with Crippen molar-refractivity contribution in [3.8, 4) is 45.3 Å². The van der Waals surface area contributed by atoms with Gasteiger partial charge in [0.25, 0.3) is 0 Å². The Hall–Kier alpha value is -4.84. The Morgan fingerprint density at radius 2 is 1.00 bits per heavy atom. The van der Waals surface area contributed by atoms with Gasteiger partial charge in [0.1, 0.15) is 0 Å². The molecule has 0 bridgehead atoms. The third-order valence-electron chi connectivity index (χ3n) is 7.90. The van der Waals surface area contributed by atoms with E-state index in [-0.39, 0.29) is 0 Å². The molecule has 1 aliphatic rings. The molecule has 0 atom stereocenters. The fourth-order valence-electron chi connectivity index (χ4n) is 5.90. The third kappa shape index (κ3) is 3.78. The summed E-state index contributed by atoms with van der Waals surface area (Å²) in [4.78, 5) is 17.3. The number of thiophene rings is 1. The molecule has 196 valence electrons. The van der Waals surface area contributed by atoms with E-state index in [1.54, 1.807) is 0 Å². The summed E-state index contributed by atoms with van der Waals surface area (Å²) in [6, 6.07) is 44.7. The molecule has 0 spiro atoms. The van der Waals surface area contributed by atoms with E-state index in [4.69, 9.17) is 15.0 Å². The van der Waals surface area contributed by atoms with E-state index >= 15 is 0 Å². The van der Waals surface area contributed by atoms with E-state index in [1.165, 1.54) is 51.9 Å². The molecule has 3 nitrogen and oxygen atoms in total. The molecule has 0 saturated heterocycles. The summed E-state index contributed by atoms with van der Waals surface area (Å²) in [5, 5.41) is 5.54. The van der Waals surface area contributed by atoms with Crippen LogP contribution < -0.4 is 0 Å². The van der Waals surface area contributed by atoms with Gasteiger partial charge in [-0.2, -0.15) is 0 Å². The Balaban J connectivity index is 1.15. The Morgan fingerprint density at radius 1 is 0.381 bits per heavy atom. The van der Waals surface area contributed by atoms with E-state index in [0.29, 0.717) is 17.5 Å². The average molecular weight is 572 g/mol. The van der Waals surface area contributed by atoms with E-state index in [1.807, 2.05) is 83.8 Å². The van der Waals surface area contributed by atoms with Crippen LogP contribution in [0, 0.1) is 0 Å². The number of benzene rings is 6. The summed E-state index contributed by atoms with van der Waals surface area (Å²) in [5.41, 5.74) is 5.31. The number of hydrogen-bond acceptors (Lipinski definition) is 5.